The number of aryl methyl sites for hydroxylation is 1. The summed E-state index contributed by atoms with van der Waals surface area (Å²) in [6.07, 6.45) is 1.75. The minimum Gasteiger partial charge on any atom is -0.493 e. The van der Waals surface area contributed by atoms with E-state index >= 15 is 0 Å². The largest absolute Gasteiger partial charge is 0.493 e. The summed E-state index contributed by atoms with van der Waals surface area (Å²) in [5.41, 5.74) is 1.78. The third-order valence-corrected chi connectivity index (χ3v) is 4.90. The maximum atomic E-state index is 13.0. The van der Waals surface area contributed by atoms with Crippen LogP contribution in [0.2, 0.25) is 0 Å². The van der Waals surface area contributed by atoms with Crippen LogP contribution in [-0.4, -0.2) is 41.9 Å². The van der Waals surface area contributed by atoms with Crippen molar-refractivity contribution in [3.63, 3.8) is 0 Å². The van der Waals surface area contributed by atoms with E-state index in [1.807, 2.05) is 19.1 Å². The zero-order valence-electron chi connectivity index (χ0n) is 16.0. The fraction of sp³-hybridized carbons (Fsp3) is 0.350. The van der Waals surface area contributed by atoms with Gasteiger partial charge in [-0.2, -0.15) is 0 Å². The van der Waals surface area contributed by atoms with Gasteiger partial charge in [0.05, 0.1) is 20.3 Å². The van der Waals surface area contributed by atoms with E-state index in [1.165, 1.54) is 0 Å². The number of ether oxygens (including phenoxy) is 2. The SMILES string of the molecule is COc1ccc(-c2cc(C(=O)N3CCC[C@@H]3c3cc(C)on3)no2)cc1OC. The van der Waals surface area contributed by atoms with E-state index in [0.717, 1.165) is 29.9 Å². The summed E-state index contributed by atoms with van der Waals surface area (Å²) < 4.78 is 21.2. The Morgan fingerprint density at radius 1 is 1.11 bits per heavy atom. The van der Waals surface area contributed by atoms with Gasteiger partial charge in [0, 0.05) is 24.2 Å². The second-order valence-electron chi connectivity index (χ2n) is 6.67. The van der Waals surface area contributed by atoms with Crippen molar-refractivity contribution in [2.75, 3.05) is 20.8 Å². The van der Waals surface area contributed by atoms with Crippen molar-refractivity contribution in [1.29, 1.82) is 0 Å². The van der Waals surface area contributed by atoms with Crippen molar-refractivity contribution in [1.82, 2.24) is 15.2 Å². The molecule has 1 saturated heterocycles. The zero-order valence-corrected chi connectivity index (χ0v) is 16.0. The molecular weight excluding hydrogens is 362 g/mol. The molecule has 0 radical (unpaired) electrons. The molecule has 1 amide bonds. The minimum atomic E-state index is -0.182. The average Bonchev–Trinajstić information content (AvgIpc) is 3.46. The Kier molecular flexibility index (Phi) is 4.77. The molecule has 8 heteroatoms. The lowest BCUT2D eigenvalue weighted by atomic mass is 10.1. The summed E-state index contributed by atoms with van der Waals surface area (Å²) >= 11 is 0. The lowest BCUT2D eigenvalue weighted by Gasteiger charge is -2.21. The van der Waals surface area contributed by atoms with Crippen LogP contribution in [0.3, 0.4) is 0 Å². The highest BCUT2D eigenvalue weighted by Crippen LogP contribution is 2.35. The maximum absolute atomic E-state index is 13.0. The Balaban J connectivity index is 1.58. The number of aromatic nitrogens is 2. The summed E-state index contributed by atoms with van der Waals surface area (Å²) in [6.45, 7) is 2.48. The van der Waals surface area contributed by atoms with Gasteiger partial charge in [0.2, 0.25) is 0 Å². The van der Waals surface area contributed by atoms with E-state index in [4.69, 9.17) is 18.5 Å². The van der Waals surface area contributed by atoms with Crippen LogP contribution >= 0.6 is 0 Å². The number of amides is 1. The van der Waals surface area contributed by atoms with Crippen molar-refractivity contribution >= 4 is 5.91 Å². The minimum absolute atomic E-state index is 0.105. The normalized spacial score (nSPS) is 16.4. The van der Waals surface area contributed by atoms with E-state index in [9.17, 15) is 4.79 Å². The van der Waals surface area contributed by atoms with Crippen LogP contribution in [0.25, 0.3) is 11.3 Å². The Hall–Kier alpha value is -3.29. The fourth-order valence-corrected chi connectivity index (χ4v) is 3.51. The average molecular weight is 383 g/mol. The molecule has 28 heavy (non-hydrogen) atoms. The van der Waals surface area contributed by atoms with Gasteiger partial charge in [-0.15, -0.1) is 0 Å². The van der Waals surface area contributed by atoms with Gasteiger partial charge in [-0.25, -0.2) is 0 Å². The molecule has 0 saturated carbocycles. The number of carbonyl (C=O) groups excluding carboxylic acids is 1. The molecule has 0 aliphatic carbocycles. The third kappa shape index (κ3) is 3.21. The summed E-state index contributed by atoms with van der Waals surface area (Å²) in [5, 5.41) is 8.06. The van der Waals surface area contributed by atoms with Crippen molar-refractivity contribution in [2.24, 2.45) is 0 Å². The molecule has 0 spiro atoms. The van der Waals surface area contributed by atoms with Crippen LogP contribution in [0.1, 0.15) is 40.8 Å². The molecule has 1 atom stereocenters. The summed E-state index contributed by atoms with van der Waals surface area (Å²) in [4.78, 5) is 14.8. The zero-order chi connectivity index (χ0) is 19.7. The van der Waals surface area contributed by atoms with Crippen LogP contribution in [0.5, 0.6) is 11.5 Å². The van der Waals surface area contributed by atoms with Crippen molar-refractivity contribution < 1.29 is 23.3 Å². The second-order valence-corrected chi connectivity index (χ2v) is 6.67. The highest BCUT2D eigenvalue weighted by atomic mass is 16.5. The highest BCUT2D eigenvalue weighted by Gasteiger charge is 2.34. The molecule has 1 aromatic carbocycles. The topological polar surface area (TPSA) is 90.8 Å². The standard InChI is InChI=1S/C20H21N3O5/c1-12-9-14(21-27-12)16-5-4-8-23(16)20(24)15-11-18(28-22-15)13-6-7-17(25-2)19(10-13)26-3/h6-7,9-11,16H,4-5,8H2,1-3H3/t16-/m1/s1. The van der Waals surface area contributed by atoms with Gasteiger partial charge >= 0.3 is 0 Å². The molecular formula is C20H21N3O5. The van der Waals surface area contributed by atoms with Crippen LogP contribution < -0.4 is 9.47 Å². The summed E-state index contributed by atoms with van der Waals surface area (Å²) in [5.74, 6) is 2.22. The van der Waals surface area contributed by atoms with Gasteiger partial charge in [0.1, 0.15) is 11.5 Å². The highest BCUT2D eigenvalue weighted by molar-refractivity contribution is 5.93. The van der Waals surface area contributed by atoms with E-state index in [0.29, 0.717) is 23.8 Å². The molecule has 146 valence electrons. The first-order valence-corrected chi connectivity index (χ1v) is 9.04. The number of nitrogens with zero attached hydrogens (tertiary/aromatic N) is 3. The second kappa shape index (κ2) is 7.38. The van der Waals surface area contributed by atoms with Gasteiger partial charge in [0.25, 0.3) is 5.91 Å². The van der Waals surface area contributed by atoms with E-state index in [2.05, 4.69) is 10.3 Å². The van der Waals surface area contributed by atoms with E-state index in [1.54, 1.807) is 37.3 Å². The molecule has 1 aliphatic heterocycles. The molecule has 4 rings (SSSR count). The van der Waals surface area contributed by atoms with Crippen molar-refractivity contribution in [2.45, 2.75) is 25.8 Å². The number of carbonyl (C=O) groups is 1. The molecule has 0 unspecified atom stereocenters. The van der Waals surface area contributed by atoms with Gasteiger partial charge < -0.3 is 23.4 Å². The molecule has 1 fully saturated rings. The fourth-order valence-electron chi connectivity index (χ4n) is 3.51. The first kappa shape index (κ1) is 18.1. The van der Waals surface area contributed by atoms with E-state index in [-0.39, 0.29) is 17.6 Å². The van der Waals surface area contributed by atoms with Crippen molar-refractivity contribution in [3.8, 4) is 22.8 Å². The molecule has 1 aliphatic rings. The molecule has 8 nitrogen and oxygen atoms in total. The Morgan fingerprint density at radius 3 is 2.64 bits per heavy atom. The number of hydrogen-bond acceptors (Lipinski definition) is 7. The van der Waals surface area contributed by atoms with E-state index < -0.39 is 0 Å². The van der Waals surface area contributed by atoms with Crippen LogP contribution in [0.15, 0.2) is 39.4 Å². The van der Waals surface area contributed by atoms with Gasteiger partial charge in [-0.3, -0.25) is 4.79 Å². The van der Waals surface area contributed by atoms with Gasteiger partial charge in [-0.05, 0) is 38.0 Å². The smallest absolute Gasteiger partial charge is 0.276 e. The number of rotatable bonds is 5. The number of methoxy groups -OCH3 is 2. The molecule has 0 N–H and O–H groups in total. The Morgan fingerprint density at radius 2 is 1.93 bits per heavy atom. The number of benzene rings is 1. The Bertz CT molecular complexity index is 993. The van der Waals surface area contributed by atoms with Crippen LogP contribution in [0.4, 0.5) is 0 Å². The third-order valence-electron chi connectivity index (χ3n) is 4.90. The monoisotopic (exact) mass is 383 g/mol. The van der Waals surface area contributed by atoms with Crippen LogP contribution in [0, 0.1) is 6.92 Å². The molecule has 2 aromatic heterocycles. The molecule has 3 heterocycles. The number of hydrogen-bond donors (Lipinski definition) is 0. The maximum Gasteiger partial charge on any atom is 0.276 e. The quantitative estimate of drug-likeness (QED) is 0.664. The first-order chi connectivity index (χ1) is 13.6. The predicted octanol–water partition coefficient (Wildman–Crippen LogP) is 3.63. The Labute approximate surface area is 162 Å². The first-order valence-electron chi connectivity index (χ1n) is 9.04. The van der Waals surface area contributed by atoms with Crippen molar-refractivity contribution in [3.05, 3.63) is 47.5 Å². The molecule has 3 aromatic rings. The lowest BCUT2D eigenvalue weighted by Crippen LogP contribution is -2.30. The van der Waals surface area contributed by atoms with Gasteiger partial charge in [0.15, 0.2) is 23.0 Å². The summed E-state index contributed by atoms with van der Waals surface area (Å²) in [7, 11) is 3.14. The molecule has 0 bridgehead atoms. The van der Waals surface area contributed by atoms with Crippen LogP contribution in [-0.2, 0) is 0 Å². The van der Waals surface area contributed by atoms with Gasteiger partial charge in [-0.1, -0.05) is 10.3 Å². The lowest BCUT2D eigenvalue weighted by molar-refractivity contribution is 0.0720. The number of likely N-dealkylation sites (tertiary alicyclic amines) is 1. The summed E-state index contributed by atoms with van der Waals surface area (Å²) in [6, 6.07) is 8.80. The predicted molar refractivity (Wildman–Crippen MR) is 99.3 cm³/mol.